The number of imide groups is 1. The number of carbonyl (C=O) groups is 3. The van der Waals surface area contributed by atoms with E-state index < -0.39 is 11.1 Å². The summed E-state index contributed by atoms with van der Waals surface area (Å²) in [5.74, 6) is 0.279. The molecule has 2 aromatic rings. The molecule has 2 saturated heterocycles. The zero-order valence-corrected chi connectivity index (χ0v) is 20.4. The van der Waals surface area contributed by atoms with Crippen LogP contribution in [-0.2, 0) is 16.2 Å². The molecule has 4 rings (SSSR count). The van der Waals surface area contributed by atoms with Gasteiger partial charge in [0.2, 0.25) is 5.91 Å². The number of hydrogen-bond acceptors (Lipinski definition) is 6. The van der Waals surface area contributed by atoms with Crippen LogP contribution in [0.4, 0.5) is 4.79 Å². The van der Waals surface area contributed by atoms with E-state index in [9.17, 15) is 14.4 Å². The standard InChI is InChI=1S/C25H25ClN2O5S/c1-32-20-7-5-6-18(23(20)33-16-17-8-10-19(26)11-9-17)14-21-24(30)28(25(31)34-21)15-22(29)27-12-3-2-4-13-27/h5-11,14H,2-4,12-13,15-16H2,1H3/b21-14+. The topological polar surface area (TPSA) is 76.2 Å². The summed E-state index contributed by atoms with van der Waals surface area (Å²) >= 11 is 6.77. The maximum atomic E-state index is 13.0. The smallest absolute Gasteiger partial charge is 0.294 e. The van der Waals surface area contributed by atoms with Gasteiger partial charge in [-0.2, -0.15) is 0 Å². The number of para-hydroxylation sites is 1. The third kappa shape index (κ3) is 5.56. The minimum absolute atomic E-state index is 0.198. The number of benzene rings is 2. The quantitative estimate of drug-likeness (QED) is 0.499. The van der Waals surface area contributed by atoms with Crippen LogP contribution in [0.25, 0.3) is 6.08 Å². The van der Waals surface area contributed by atoms with Gasteiger partial charge in [-0.1, -0.05) is 35.9 Å². The maximum absolute atomic E-state index is 13.0. The van der Waals surface area contributed by atoms with E-state index in [1.165, 1.54) is 7.11 Å². The molecule has 0 spiro atoms. The number of methoxy groups -OCH3 is 1. The fourth-order valence-electron chi connectivity index (χ4n) is 3.85. The van der Waals surface area contributed by atoms with E-state index >= 15 is 0 Å². The van der Waals surface area contributed by atoms with Crippen molar-refractivity contribution in [2.24, 2.45) is 0 Å². The van der Waals surface area contributed by atoms with Crippen LogP contribution in [0.2, 0.25) is 5.02 Å². The Morgan fingerprint density at radius 1 is 1.09 bits per heavy atom. The zero-order valence-electron chi connectivity index (χ0n) is 18.8. The number of hydrogen-bond donors (Lipinski definition) is 0. The van der Waals surface area contributed by atoms with Crippen molar-refractivity contribution in [2.45, 2.75) is 25.9 Å². The van der Waals surface area contributed by atoms with Crippen LogP contribution in [0.15, 0.2) is 47.4 Å². The highest BCUT2D eigenvalue weighted by molar-refractivity contribution is 8.18. The highest BCUT2D eigenvalue weighted by Crippen LogP contribution is 2.37. The van der Waals surface area contributed by atoms with Gasteiger partial charge in [-0.15, -0.1) is 0 Å². The van der Waals surface area contributed by atoms with Crippen molar-refractivity contribution < 1.29 is 23.9 Å². The van der Waals surface area contributed by atoms with Gasteiger partial charge in [0.05, 0.1) is 12.0 Å². The van der Waals surface area contributed by atoms with Crippen molar-refractivity contribution in [3.05, 3.63) is 63.5 Å². The number of carbonyl (C=O) groups excluding carboxylic acids is 3. The number of ether oxygens (including phenoxy) is 2. The monoisotopic (exact) mass is 500 g/mol. The van der Waals surface area contributed by atoms with Crippen molar-refractivity contribution in [3.63, 3.8) is 0 Å². The molecule has 9 heteroatoms. The van der Waals surface area contributed by atoms with Gasteiger partial charge in [0.25, 0.3) is 11.1 Å². The molecule has 2 aliphatic heterocycles. The van der Waals surface area contributed by atoms with Crippen LogP contribution in [0.3, 0.4) is 0 Å². The highest BCUT2D eigenvalue weighted by Gasteiger charge is 2.37. The summed E-state index contributed by atoms with van der Waals surface area (Å²) in [6, 6.07) is 12.6. The lowest BCUT2D eigenvalue weighted by Crippen LogP contribution is -2.44. The van der Waals surface area contributed by atoms with Crippen LogP contribution >= 0.6 is 23.4 Å². The van der Waals surface area contributed by atoms with E-state index in [0.717, 1.165) is 41.5 Å². The van der Waals surface area contributed by atoms with Crippen molar-refractivity contribution >= 4 is 46.5 Å². The van der Waals surface area contributed by atoms with Gasteiger partial charge in [-0.05, 0) is 60.9 Å². The van der Waals surface area contributed by atoms with E-state index in [2.05, 4.69) is 0 Å². The van der Waals surface area contributed by atoms with E-state index in [0.29, 0.717) is 35.2 Å². The second-order valence-corrected chi connectivity index (χ2v) is 9.43. The molecule has 0 bridgehead atoms. The molecule has 3 amide bonds. The first-order chi connectivity index (χ1) is 16.5. The maximum Gasteiger partial charge on any atom is 0.294 e. The van der Waals surface area contributed by atoms with Crippen molar-refractivity contribution in [1.82, 2.24) is 9.80 Å². The molecule has 0 radical (unpaired) electrons. The molecule has 2 aliphatic rings. The molecule has 2 heterocycles. The van der Waals surface area contributed by atoms with Gasteiger partial charge < -0.3 is 14.4 Å². The fraction of sp³-hybridized carbons (Fsp3) is 0.320. The summed E-state index contributed by atoms with van der Waals surface area (Å²) < 4.78 is 11.5. The summed E-state index contributed by atoms with van der Waals surface area (Å²) in [7, 11) is 1.54. The second kappa shape index (κ2) is 11.0. The summed E-state index contributed by atoms with van der Waals surface area (Å²) in [5, 5.41) is 0.185. The largest absolute Gasteiger partial charge is 0.493 e. The van der Waals surface area contributed by atoms with Gasteiger partial charge >= 0.3 is 0 Å². The first-order valence-corrected chi connectivity index (χ1v) is 12.2. The van der Waals surface area contributed by atoms with Crippen molar-refractivity contribution in [1.29, 1.82) is 0 Å². The Morgan fingerprint density at radius 2 is 1.82 bits per heavy atom. The Labute approximate surface area is 207 Å². The summed E-state index contributed by atoms with van der Waals surface area (Å²) in [5.41, 5.74) is 1.51. The molecule has 2 fully saturated rings. The number of likely N-dealkylation sites (tertiary alicyclic amines) is 1. The Bertz CT molecular complexity index is 1110. The second-order valence-electron chi connectivity index (χ2n) is 8.00. The van der Waals surface area contributed by atoms with Gasteiger partial charge in [0, 0.05) is 23.7 Å². The van der Waals surface area contributed by atoms with Crippen LogP contribution in [0, 0.1) is 0 Å². The number of halogens is 1. The molecule has 34 heavy (non-hydrogen) atoms. The molecular formula is C25H25ClN2O5S. The Morgan fingerprint density at radius 3 is 2.53 bits per heavy atom. The zero-order chi connectivity index (χ0) is 24.1. The number of rotatable bonds is 7. The minimum Gasteiger partial charge on any atom is -0.493 e. The van der Waals surface area contributed by atoms with E-state index in [1.54, 1.807) is 41.3 Å². The average molecular weight is 501 g/mol. The minimum atomic E-state index is -0.480. The molecule has 0 aliphatic carbocycles. The molecule has 0 aromatic heterocycles. The van der Waals surface area contributed by atoms with Crippen molar-refractivity contribution in [3.8, 4) is 11.5 Å². The first-order valence-electron chi connectivity index (χ1n) is 11.0. The third-order valence-electron chi connectivity index (χ3n) is 5.69. The molecule has 7 nitrogen and oxygen atoms in total. The Balaban J connectivity index is 1.52. The highest BCUT2D eigenvalue weighted by atomic mass is 35.5. The van der Waals surface area contributed by atoms with E-state index in [1.807, 2.05) is 12.1 Å². The molecule has 2 aromatic carbocycles. The van der Waals surface area contributed by atoms with Gasteiger partial charge in [0.15, 0.2) is 11.5 Å². The summed E-state index contributed by atoms with van der Waals surface area (Å²) in [6.45, 7) is 1.37. The van der Waals surface area contributed by atoms with Crippen LogP contribution in [0.5, 0.6) is 11.5 Å². The van der Waals surface area contributed by atoms with Gasteiger partial charge in [0.1, 0.15) is 13.2 Å². The van der Waals surface area contributed by atoms with Crippen LogP contribution in [-0.4, -0.2) is 53.6 Å². The first kappa shape index (κ1) is 24.2. The predicted octanol–water partition coefficient (Wildman–Crippen LogP) is 4.98. The predicted molar refractivity (Wildman–Crippen MR) is 132 cm³/mol. The van der Waals surface area contributed by atoms with E-state index in [-0.39, 0.29) is 24.0 Å². The van der Waals surface area contributed by atoms with E-state index in [4.69, 9.17) is 21.1 Å². The summed E-state index contributed by atoms with van der Waals surface area (Å²) in [6.07, 6.45) is 4.59. The number of amides is 3. The lowest BCUT2D eigenvalue weighted by atomic mass is 10.1. The Kier molecular flexibility index (Phi) is 7.80. The molecule has 0 unspecified atom stereocenters. The molecule has 178 valence electrons. The third-order valence-corrected chi connectivity index (χ3v) is 6.85. The van der Waals surface area contributed by atoms with Crippen molar-refractivity contribution in [2.75, 3.05) is 26.7 Å². The lowest BCUT2D eigenvalue weighted by Gasteiger charge is -2.27. The number of thioether (sulfide) groups is 1. The average Bonchev–Trinajstić information content (AvgIpc) is 3.11. The Hall–Kier alpha value is -2.97. The number of nitrogens with zero attached hydrogens (tertiary/aromatic N) is 2. The van der Waals surface area contributed by atoms with Crippen LogP contribution < -0.4 is 9.47 Å². The lowest BCUT2D eigenvalue weighted by molar-refractivity contribution is -0.136. The fourth-order valence-corrected chi connectivity index (χ4v) is 4.81. The SMILES string of the molecule is COc1cccc(/C=C2/SC(=O)N(CC(=O)N3CCCCC3)C2=O)c1OCc1ccc(Cl)cc1. The normalized spacial score (nSPS) is 17.4. The summed E-state index contributed by atoms with van der Waals surface area (Å²) in [4.78, 5) is 41.1. The molecule has 0 atom stereocenters. The van der Waals surface area contributed by atoms with Gasteiger partial charge in [-0.3, -0.25) is 19.3 Å². The molecular weight excluding hydrogens is 476 g/mol. The molecule has 0 saturated carbocycles. The van der Waals surface area contributed by atoms with Gasteiger partial charge in [-0.25, -0.2) is 0 Å². The molecule has 0 N–H and O–H groups in total. The number of piperidine rings is 1. The van der Waals surface area contributed by atoms with Crippen LogP contribution in [0.1, 0.15) is 30.4 Å².